The summed E-state index contributed by atoms with van der Waals surface area (Å²) in [5, 5.41) is 28.7. The minimum Gasteiger partial charge on any atom is -0.484 e. The number of nitrogens with zero attached hydrogens (tertiary/aromatic N) is 5. The normalized spacial score (nSPS) is 17.3. The van der Waals surface area contributed by atoms with Gasteiger partial charge in [0.15, 0.2) is 5.65 Å². The van der Waals surface area contributed by atoms with Crippen LogP contribution in [0, 0.1) is 0 Å². The number of aromatic nitrogens is 5. The zero-order valence-electron chi connectivity index (χ0n) is 23.2. The Morgan fingerprint density at radius 1 is 1.13 bits per heavy atom. The van der Waals surface area contributed by atoms with Gasteiger partial charge in [-0.15, -0.1) is 10.2 Å². The molecule has 0 bridgehead atoms. The third-order valence-corrected chi connectivity index (χ3v) is 7.04. The molecule has 206 valence electrons. The minimum atomic E-state index is -0.312. The highest BCUT2D eigenvalue weighted by Crippen LogP contribution is 2.39. The van der Waals surface area contributed by atoms with E-state index < -0.39 is 0 Å². The van der Waals surface area contributed by atoms with E-state index >= 15 is 0 Å². The van der Waals surface area contributed by atoms with Gasteiger partial charge in [-0.2, -0.15) is 5.10 Å². The average molecular weight is 532 g/mol. The standard InChI is InChI=1S/C29H37N7O3/c1-18(2)27-33-32-25-13-10-19(17-35(25)27)39-23-12-11-22(20-8-6-7-9-21(20)23)30-28(38)31-26-16-24(29(3,4)5)34-36(26)14-15-37/h6-10,13,16-18,22-23,37H,11-12,14-15H2,1-5H3,(H2,30,31,38). The van der Waals surface area contributed by atoms with Gasteiger partial charge in [-0.1, -0.05) is 58.9 Å². The van der Waals surface area contributed by atoms with Gasteiger partial charge in [-0.25, -0.2) is 9.48 Å². The van der Waals surface area contributed by atoms with Crippen LogP contribution in [0.2, 0.25) is 0 Å². The van der Waals surface area contributed by atoms with E-state index in [0.717, 1.165) is 46.9 Å². The van der Waals surface area contributed by atoms with Gasteiger partial charge < -0.3 is 15.2 Å². The summed E-state index contributed by atoms with van der Waals surface area (Å²) >= 11 is 0. The van der Waals surface area contributed by atoms with Gasteiger partial charge >= 0.3 is 6.03 Å². The van der Waals surface area contributed by atoms with E-state index in [9.17, 15) is 9.90 Å². The molecule has 2 unspecified atom stereocenters. The number of anilines is 1. The molecular formula is C29H37N7O3. The van der Waals surface area contributed by atoms with Crippen LogP contribution in [-0.2, 0) is 12.0 Å². The van der Waals surface area contributed by atoms with Crippen LogP contribution in [0.4, 0.5) is 10.6 Å². The van der Waals surface area contributed by atoms with Crippen molar-refractivity contribution >= 4 is 17.5 Å². The second kappa shape index (κ2) is 10.7. The van der Waals surface area contributed by atoms with Crippen molar-refractivity contribution in [2.24, 2.45) is 0 Å². The first-order valence-electron chi connectivity index (χ1n) is 13.5. The number of amides is 2. The number of rotatable bonds is 7. The van der Waals surface area contributed by atoms with Crippen LogP contribution < -0.4 is 15.4 Å². The lowest BCUT2D eigenvalue weighted by Gasteiger charge is -2.32. The van der Waals surface area contributed by atoms with Crippen LogP contribution in [0.3, 0.4) is 0 Å². The van der Waals surface area contributed by atoms with E-state index in [2.05, 4.69) is 66.6 Å². The van der Waals surface area contributed by atoms with Crippen LogP contribution in [0.5, 0.6) is 5.75 Å². The predicted molar refractivity (Wildman–Crippen MR) is 149 cm³/mol. The summed E-state index contributed by atoms with van der Waals surface area (Å²) in [5.74, 6) is 2.44. The molecule has 0 radical (unpaired) electrons. The second-order valence-corrected chi connectivity index (χ2v) is 11.4. The van der Waals surface area contributed by atoms with Crippen LogP contribution in [0.25, 0.3) is 5.65 Å². The Labute approximate surface area is 228 Å². The summed E-state index contributed by atoms with van der Waals surface area (Å²) in [5.41, 5.74) is 3.55. The Balaban J connectivity index is 1.32. The Morgan fingerprint density at radius 2 is 1.90 bits per heavy atom. The summed E-state index contributed by atoms with van der Waals surface area (Å²) in [7, 11) is 0. The Hall–Kier alpha value is -3.92. The molecule has 1 aliphatic rings. The molecule has 0 aliphatic heterocycles. The summed E-state index contributed by atoms with van der Waals surface area (Å²) in [6, 6.07) is 13.3. The number of hydrogen-bond acceptors (Lipinski definition) is 6. The van der Waals surface area contributed by atoms with Gasteiger partial charge in [-0.3, -0.25) is 9.72 Å². The number of urea groups is 1. The minimum absolute atomic E-state index is 0.0674. The van der Waals surface area contributed by atoms with Gasteiger partial charge in [0.25, 0.3) is 0 Å². The summed E-state index contributed by atoms with van der Waals surface area (Å²) in [4.78, 5) is 13.1. The van der Waals surface area contributed by atoms with Gasteiger partial charge in [0, 0.05) is 17.4 Å². The second-order valence-electron chi connectivity index (χ2n) is 11.4. The largest absolute Gasteiger partial charge is 0.484 e. The molecule has 0 saturated heterocycles. The number of pyridine rings is 1. The lowest BCUT2D eigenvalue weighted by atomic mass is 9.85. The van der Waals surface area contributed by atoms with E-state index in [0.29, 0.717) is 12.4 Å². The molecule has 2 atom stereocenters. The predicted octanol–water partition coefficient (Wildman–Crippen LogP) is 5.12. The Bertz CT molecular complexity index is 1470. The van der Waals surface area contributed by atoms with Crippen molar-refractivity contribution in [1.82, 2.24) is 29.7 Å². The van der Waals surface area contributed by atoms with Gasteiger partial charge in [0.2, 0.25) is 0 Å². The van der Waals surface area contributed by atoms with Crippen molar-refractivity contribution in [3.8, 4) is 5.75 Å². The van der Waals surface area contributed by atoms with Crippen molar-refractivity contribution in [3.05, 3.63) is 71.3 Å². The molecule has 3 N–H and O–H groups in total. The third-order valence-electron chi connectivity index (χ3n) is 7.04. The van der Waals surface area contributed by atoms with Gasteiger partial charge in [-0.05, 0) is 36.1 Å². The third kappa shape index (κ3) is 5.61. The lowest BCUT2D eigenvalue weighted by Crippen LogP contribution is -2.36. The van der Waals surface area contributed by atoms with Crippen LogP contribution in [0.15, 0.2) is 48.7 Å². The molecule has 0 fully saturated rings. The quantitative estimate of drug-likeness (QED) is 0.305. The number of ether oxygens (including phenoxy) is 1. The molecule has 10 heteroatoms. The zero-order valence-corrected chi connectivity index (χ0v) is 23.2. The highest BCUT2D eigenvalue weighted by Gasteiger charge is 2.30. The first-order valence-corrected chi connectivity index (χ1v) is 13.5. The fourth-order valence-corrected chi connectivity index (χ4v) is 5.00. The number of hydrogen-bond donors (Lipinski definition) is 3. The highest BCUT2D eigenvalue weighted by atomic mass is 16.5. The topological polar surface area (TPSA) is 119 Å². The highest BCUT2D eigenvalue weighted by molar-refractivity contribution is 5.88. The fraction of sp³-hybridized carbons (Fsp3) is 0.448. The molecule has 5 rings (SSSR count). The Morgan fingerprint density at radius 3 is 2.62 bits per heavy atom. The molecule has 1 aromatic carbocycles. The van der Waals surface area contributed by atoms with Gasteiger partial charge in [0.05, 0.1) is 31.1 Å². The molecule has 4 aromatic rings. The van der Waals surface area contributed by atoms with Crippen molar-refractivity contribution in [2.45, 2.75) is 77.5 Å². The van der Waals surface area contributed by atoms with E-state index in [-0.39, 0.29) is 36.1 Å². The smallest absolute Gasteiger partial charge is 0.320 e. The molecule has 39 heavy (non-hydrogen) atoms. The molecule has 2 amide bonds. The molecule has 1 aliphatic carbocycles. The number of nitrogens with one attached hydrogen (secondary N) is 2. The number of carbonyl (C=O) groups excluding carboxylic acids is 1. The van der Waals surface area contributed by atoms with Crippen LogP contribution >= 0.6 is 0 Å². The molecule has 10 nitrogen and oxygen atoms in total. The number of aliphatic hydroxyl groups is 1. The molecule has 3 aromatic heterocycles. The van der Waals surface area contributed by atoms with E-state index in [1.807, 2.05) is 47.0 Å². The van der Waals surface area contributed by atoms with Crippen molar-refractivity contribution < 1.29 is 14.6 Å². The molecule has 0 spiro atoms. The number of benzene rings is 1. The molecular weight excluding hydrogens is 494 g/mol. The summed E-state index contributed by atoms with van der Waals surface area (Å²) in [6.45, 7) is 10.6. The maximum Gasteiger partial charge on any atom is 0.320 e. The first kappa shape index (κ1) is 26.7. The molecule has 0 saturated carbocycles. The Kier molecular flexibility index (Phi) is 7.31. The maximum atomic E-state index is 13.1. The van der Waals surface area contributed by atoms with E-state index in [1.165, 1.54) is 0 Å². The van der Waals surface area contributed by atoms with E-state index in [4.69, 9.17) is 4.74 Å². The fourth-order valence-electron chi connectivity index (χ4n) is 5.00. The lowest BCUT2D eigenvalue weighted by molar-refractivity contribution is 0.171. The SMILES string of the molecule is CC(C)c1nnc2ccc(OC3CCC(NC(=O)Nc4cc(C(C)(C)C)nn4CCO)c4ccccc43)cn12. The summed E-state index contributed by atoms with van der Waals surface area (Å²) < 4.78 is 10.1. The first-order chi connectivity index (χ1) is 18.6. The van der Waals surface area contributed by atoms with Crippen molar-refractivity contribution in [2.75, 3.05) is 11.9 Å². The number of carbonyl (C=O) groups is 1. The molecule has 3 heterocycles. The zero-order chi connectivity index (χ0) is 27.7. The van der Waals surface area contributed by atoms with Crippen LogP contribution in [0.1, 0.15) is 88.2 Å². The number of aliphatic hydroxyl groups excluding tert-OH is 1. The maximum absolute atomic E-state index is 13.1. The number of fused-ring (bicyclic) bond motifs is 2. The average Bonchev–Trinajstić information content (AvgIpc) is 3.50. The summed E-state index contributed by atoms with van der Waals surface area (Å²) in [6.07, 6.45) is 3.28. The monoisotopic (exact) mass is 531 g/mol. The van der Waals surface area contributed by atoms with Crippen molar-refractivity contribution in [1.29, 1.82) is 0 Å². The van der Waals surface area contributed by atoms with Gasteiger partial charge in [0.1, 0.15) is 23.5 Å². The van der Waals surface area contributed by atoms with Crippen molar-refractivity contribution in [3.63, 3.8) is 0 Å². The van der Waals surface area contributed by atoms with E-state index in [1.54, 1.807) is 4.68 Å². The van der Waals surface area contributed by atoms with Crippen LogP contribution in [-0.4, -0.2) is 42.1 Å².